The van der Waals surface area contributed by atoms with Gasteiger partial charge in [0.1, 0.15) is 5.82 Å². The maximum absolute atomic E-state index is 6.19. The van der Waals surface area contributed by atoms with Gasteiger partial charge < -0.3 is 11.1 Å². The zero-order chi connectivity index (χ0) is 21.1. The molecule has 4 heteroatoms. The summed E-state index contributed by atoms with van der Waals surface area (Å²) < 4.78 is 0. The number of nitrogens with one attached hydrogen (secondary N) is 1. The molecule has 0 amide bonds. The predicted molar refractivity (Wildman–Crippen MR) is 127 cm³/mol. The van der Waals surface area contributed by atoms with Gasteiger partial charge >= 0.3 is 0 Å². The maximum Gasteiger partial charge on any atom is 0.150 e. The first-order valence-electron chi connectivity index (χ1n) is 10.2. The van der Waals surface area contributed by atoms with E-state index in [4.69, 9.17) is 10.7 Å². The Morgan fingerprint density at radius 3 is 2.73 bits per heavy atom. The van der Waals surface area contributed by atoms with Crippen LogP contribution in [0.5, 0.6) is 0 Å². The first-order chi connectivity index (χ1) is 14.5. The number of hydrogen-bond acceptors (Lipinski definition) is 4. The van der Waals surface area contributed by atoms with Crippen molar-refractivity contribution in [3.8, 4) is 11.3 Å². The van der Waals surface area contributed by atoms with E-state index in [2.05, 4.69) is 67.1 Å². The van der Waals surface area contributed by atoms with Crippen LogP contribution < -0.4 is 11.1 Å². The number of nitrogens with zero attached hydrogens (tertiary/aromatic N) is 2. The lowest BCUT2D eigenvalue weighted by Crippen LogP contribution is -2.05. The third kappa shape index (κ3) is 4.03. The summed E-state index contributed by atoms with van der Waals surface area (Å²) in [7, 11) is 0. The Morgan fingerprint density at radius 1 is 1.07 bits per heavy atom. The Balaban J connectivity index is 1.57. The van der Waals surface area contributed by atoms with Crippen LogP contribution in [0.1, 0.15) is 30.0 Å². The predicted octanol–water partition coefficient (Wildman–Crippen LogP) is 6.22. The highest BCUT2D eigenvalue weighted by Crippen LogP contribution is 2.28. The fourth-order valence-electron chi connectivity index (χ4n) is 3.60. The molecule has 0 aliphatic rings. The van der Waals surface area contributed by atoms with Crippen molar-refractivity contribution >= 4 is 28.0 Å². The molecule has 0 radical (unpaired) electrons. The van der Waals surface area contributed by atoms with Crippen LogP contribution >= 0.6 is 0 Å². The van der Waals surface area contributed by atoms with Crippen LogP contribution in [0.25, 0.3) is 27.7 Å². The number of rotatable bonds is 6. The van der Waals surface area contributed by atoms with Gasteiger partial charge in [-0.1, -0.05) is 37.8 Å². The number of benzene rings is 2. The van der Waals surface area contributed by atoms with Crippen molar-refractivity contribution in [3.05, 3.63) is 90.1 Å². The van der Waals surface area contributed by atoms with Gasteiger partial charge in [-0.05, 0) is 72.0 Å². The topological polar surface area (TPSA) is 63.8 Å². The maximum atomic E-state index is 6.19. The molecule has 0 atom stereocenters. The summed E-state index contributed by atoms with van der Waals surface area (Å²) in [6.07, 6.45) is 2.75. The highest BCUT2D eigenvalue weighted by molar-refractivity contribution is 5.79. The monoisotopic (exact) mass is 394 g/mol. The Kier molecular flexibility index (Phi) is 5.48. The van der Waals surface area contributed by atoms with Gasteiger partial charge in [-0.15, -0.1) is 0 Å². The van der Waals surface area contributed by atoms with Gasteiger partial charge in [-0.25, -0.2) is 4.98 Å². The van der Waals surface area contributed by atoms with Crippen LogP contribution in [-0.2, 0) is 6.54 Å². The molecule has 4 nitrogen and oxygen atoms in total. The zero-order valence-electron chi connectivity index (χ0n) is 17.4. The minimum atomic E-state index is 0.633. The number of allylic oxidation sites excluding steroid dienone is 1. The van der Waals surface area contributed by atoms with Gasteiger partial charge in [0.05, 0.1) is 16.9 Å². The van der Waals surface area contributed by atoms with E-state index in [0.29, 0.717) is 18.1 Å². The fraction of sp³-hybridized carbons (Fsp3) is 0.154. The molecule has 0 aliphatic heterocycles. The molecule has 150 valence electrons. The largest absolute Gasteiger partial charge is 0.396 e. The van der Waals surface area contributed by atoms with Crippen molar-refractivity contribution in [1.82, 2.24) is 9.97 Å². The highest BCUT2D eigenvalue weighted by atomic mass is 15.0. The molecule has 0 bridgehead atoms. The third-order valence-corrected chi connectivity index (χ3v) is 5.38. The summed E-state index contributed by atoms with van der Waals surface area (Å²) in [5.74, 6) is 0.693. The second kappa shape index (κ2) is 8.37. The number of nitrogens with two attached hydrogens (primary N) is 1. The molecule has 0 spiro atoms. The van der Waals surface area contributed by atoms with Crippen LogP contribution in [0, 0.1) is 6.92 Å². The van der Waals surface area contributed by atoms with E-state index >= 15 is 0 Å². The lowest BCUT2D eigenvalue weighted by Gasteiger charge is -2.13. The summed E-state index contributed by atoms with van der Waals surface area (Å²) in [5, 5.41) is 4.51. The minimum Gasteiger partial charge on any atom is -0.396 e. The molecule has 2 aromatic carbocycles. The van der Waals surface area contributed by atoms with Gasteiger partial charge in [0.2, 0.25) is 0 Å². The number of anilines is 2. The van der Waals surface area contributed by atoms with Crippen LogP contribution in [0.15, 0.2) is 73.4 Å². The van der Waals surface area contributed by atoms with E-state index in [-0.39, 0.29) is 0 Å². The van der Waals surface area contributed by atoms with E-state index in [0.717, 1.165) is 39.7 Å². The van der Waals surface area contributed by atoms with Crippen molar-refractivity contribution in [2.75, 3.05) is 11.1 Å². The van der Waals surface area contributed by atoms with E-state index in [1.165, 1.54) is 11.1 Å². The Labute approximate surface area is 177 Å². The van der Waals surface area contributed by atoms with Crippen molar-refractivity contribution in [1.29, 1.82) is 0 Å². The van der Waals surface area contributed by atoms with Crippen molar-refractivity contribution in [3.63, 3.8) is 0 Å². The fourth-order valence-corrected chi connectivity index (χ4v) is 3.60. The molecule has 2 aromatic heterocycles. The molecule has 0 aliphatic carbocycles. The standard InChI is InChI=1S/C26H26N4/c1-4-17(2)22-9-8-21(14-18(22)3)25-12-10-23(27)26(30-25)29-16-19-7-11-24-20(15-19)6-5-13-28-24/h5-15H,2,4,16,27H2,1,3H3,(H,29,30). The number of fused-ring (bicyclic) bond motifs is 1. The molecule has 2 heterocycles. The van der Waals surface area contributed by atoms with Crippen LogP contribution in [0.3, 0.4) is 0 Å². The van der Waals surface area contributed by atoms with Gasteiger partial charge in [0.25, 0.3) is 0 Å². The Bertz CT molecular complexity index is 1230. The second-order valence-electron chi connectivity index (χ2n) is 7.51. The first-order valence-corrected chi connectivity index (χ1v) is 10.2. The molecule has 3 N–H and O–H groups in total. The second-order valence-corrected chi connectivity index (χ2v) is 7.51. The molecule has 30 heavy (non-hydrogen) atoms. The summed E-state index contributed by atoms with van der Waals surface area (Å²) in [6.45, 7) is 9.04. The van der Waals surface area contributed by atoms with Gasteiger partial charge in [-0.2, -0.15) is 0 Å². The molecule has 0 unspecified atom stereocenters. The van der Waals surface area contributed by atoms with Crippen molar-refractivity contribution in [2.45, 2.75) is 26.8 Å². The molecule has 0 saturated heterocycles. The summed E-state index contributed by atoms with van der Waals surface area (Å²) in [6, 6.07) is 20.5. The van der Waals surface area contributed by atoms with Crippen LogP contribution in [0.4, 0.5) is 11.5 Å². The average molecular weight is 395 g/mol. The number of pyridine rings is 2. The molecule has 4 rings (SSSR count). The van der Waals surface area contributed by atoms with Crippen molar-refractivity contribution in [2.24, 2.45) is 0 Å². The molecular formula is C26H26N4. The Morgan fingerprint density at radius 2 is 1.93 bits per heavy atom. The lowest BCUT2D eigenvalue weighted by atomic mass is 9.97. The Hall–Kier alpha value is -3.66. The molecule has 0 saturated carbocycles. The summed E-state index contributed by atoms with van der Waals surface area (Å²) in [4.78, 5) is 9.16. The molecular weight excluding hydrogens is 368 g/mol. The number of nitrogen functional groups attached to an aromatic ring is 1. The third-order valence-electron chi connectivity index (χ3n) is 5.38. The SMILES string of the molecule is C=C(CC)c1ccc(-c2ccc(N)c(NCc3ccc4ncccc4c3)n2)cc1C. The van der Waals surface area contributed by atoms with Crippen molar-refractivity contribution < 1.29 is 0 Å². The quantitative estimate of drug-likeness (QED) is 0.407. The van der Waals surface area contributed by atoms with E-state index in [1.807, 2.05) is 30.5 Å². The van der Waals surface area contributed by atoms with Crippen LogP contribution in [-0.4, -0.2) is 9.97 Å². The smallest absolute Gasteiger partial charge is 0.150 e. The van der Waals surface area contributed by atoms with E-state index < -0.39 is 0 Å². The number of aryl methyl sites for hydroxylation is 1. The first kappa shape index (κ1) is 19.6. The number of aromatic nitrogens is 2. The molecule has 0 fully saturated rings. The average Bonchev–Trinajstić information content (AvgIpc) is 2.77. The van der Waals surface area contributed by atoms with Gasteiger partial charge in [0, 0.05) is 23.7 Å². The van der Waals surface area contributed by atoms with Crippen LogP contribution in [0.2, 0.25) is 0 Å². The lowest BCUT2D eigenvalue weighted by molar-refractivity contribution is 1.12. The normalized spacial score (nSPS) is 10.9. The summed E-state index contributed by atoms with van der Waals surface area (Å²) in [5.41, 5.74) is 14.5. The van der Waals surface area contributed by atoms with Gasteiger partial charge in [0.15, 0.2) is 0 Å². The molecule has 4 aromatic rings. The zero-order valence-corrected chi connectivity index (χ0v) is 17.4. The number of hydrogen-bond donors (Lipinski definition) is 2. The highest BCUT2D eigenvalue weighted by Gasteiger charge is 2.08. The summed E-state index contributed by atoms with van der Waals surface area (Å²) >= 11 is 0. The van der Waals surface area contributed by atoms with Gasteiger partial charge in [-0.3, -0.25) is 4.98 Å². The minimum absolute atomic E-state index is 0.633. The van der Waals surface area contributed by atoms with E-state index in [1.54, 1.807) is 0 Å². The van der Waals surface area contributed by atoms with E-state index in [9.17, 15) is 0 Å².